The average Bonchev–Trinajstić information content (AvgIpc) is 3.35. The number of phenolic OH excluding ortho intramolecular Hbond substituents is 1. The zero-order chi connectivity index (χ0) is 28.7. The van der Waals surface area contributed by atoms with Crippen molar-refractivity contribution in [1.82, 2.24) is 0 Å². The molecule has 40 heavy (non-hydrogen) atoms. The minimum absolute atomic E-state index is 0.0584. The SMILES string of the molecule is C=C1C(=O)O[C@@H]2[C@H]3C(CO[C@@H]4O[C@H](COC(=O)Cc5ccc(O)cc5)[C@@H](O)[C@H](O)[C@H]4O)=CC(=O)C3=C(C)CC[C@@H]12. The Morgan fingerprint density at radius 1 is 1.10 bits per heavy atom. The molecular weight excluding hydrogens is 524 g/mol. The van der Waals surface area contributed by atoms with E-state index in [9.17, 15) is 34.8 Å². The Labute approximate surface area is 230 Å². The minimum atomic E-state index is -1.65. The van der Waals surface area contributed by atoms with Gasteiger partial charge < -0.3 is 39.4 Å². The quantitative estimate of drug-likeness (QED) is 0.275. The Bertz CT molecular complexity index is 1260. The first-order chi connectivity index (χ1) is 19.0. The van der Waals surface area contributed by atoms with Crippen LogP contribution >= 0.6 is 0 Å². The summed E-state index contributed by atoms with van der Waals surface area (Å²) in [5.41, 5.74) is 2.98. The van der Waals surface area contributed by atoms with E-state index < -0.39 is 61.3 Å². The summed E-state index contributed by atoms with van der Waals surface area (Å²) < 4.78 is 22.3. The van der Waals surface area contributed by atoms with Gasteiger partial charge in [-0.05, 0) is 49.1 Å². The molecule has 2 heterocycles. The molecule has 11 nitrogen and oxygen atoms in total. The number of benzene rings is 1. The van der Waals surface area contributed by atoms with Crippen LogP contribution in [-0.4, -0.2) is 88.2 Å². The molecular formula is C29H32O11. The van der Waals surface area contributed by atoms with Gasteiger partial charge in [0.15, 0.2) is 12.1 Å². The lowest BCUT2D eigenvalue weighted by atomic mass is 9.83. The molecule has 0 amide bonds. The van der Waals surface area contributed by atoms with Crippen molar-refractivity contribution in [2.45, 2.75) is 63.0 Å². The Morgan fingerprint density at radius 3 is 2.55 bits per heavy atom. The number of phenols is 1. The molecule has 11 heteroatoms. The lowest BCUT2D eigenvalue weighted by Crippen LogP contribution is -2.59. The second-order valence-corrected chi connectivity index (χ2v) is 10.6. The molecule has 0 unspecified atom stereocenters. The number of ketones is 1. The topological polar surface area (TPSA) is 169 Å². The summed E-state index contributed by atoms with van der Waals surface area (Å²) >= 11 is 0. The van der Waals surface area contributed by atoms with E-state index in [0.717, 1.165) is 5.57 Å². The van der Waals surface area contributed by atoms with Crippen LogP contribution in [0, 0.1) is 11.8 Å². The standard InChI is InChI=1S/C29H32O11/c1-13-3-8-18-14(2)28(36)40-27(18)23-16(10-19(31)22(13)23)11-38-29-26(35)25(34)24(33)20(39-29)12-37-21(32)9-15-4-6-17(30)7-5-15/h4-7,10,18,20,23-27,29-30,33-35H,2-3,8-9,11-12H2,1H3/t18-,20+,23-,24+,25-,26+,27-,29+/m0/s1. The van der Waals surface area contributed by atoms with Crippen LogP contribution < -0.4 is 0 Å². The molecule has 5 rings (SSSR count). The highest BCUT2D eigenvalue weighted by Crippen LogP contribution is 2.47. The number of allylic oxidation sites excluding steroid dienone is 2. The van der Waals surface area contributed by atoms with Crippen LogP contribution in [0.5, 0.6) is 5.75 Å². The van der Waals surface area contributed by atoms with Crippen molar-refractivity contribution in [1.29, 1.82) is 0 Å². The summed E-state index contributed by atoms with van der Waals surface area (Å²) in [7, 11) is 0. The third-order valence-electron chi connectivity index (χ3n) is 8.04. The van der Waals surface area contributed by atoms with Crippen LogP contribution in [0.3, 0.4) is 0 Å². The number of aromatic hydroxyl groups is 1. The zero-order valence-corrected chi connectivity index (χ0v) is 21.9. The van der Waals surface area contributed by atoms with E-state index in [1.807, 2.05) is 6.92 Å². The molecule has 2 fully saturated rings. The highest BCUT2D eigenvalue weighted by atomic mass is 16.7. The molecule has 0 spiro atoms. The molecule has 8 atom stereocenters. The van der Waals surface area contributed by atoms with E-state index in [0.29, 0.717) is 35.1 Å². The van der Waals surface area contributed by atoms with E-state index in [-0.39, 0.29) is 30.5 Å². The van der Waals surface area contributed by atoms with Crippen molar-refractivity contribution in [2.75, 3.05) is 13.2 Å². The van der Waals surface area contributed by atoms with Gasteiger partial charge in [-0.3, -0.25) is 9.59 Å². The maximum Gasteiger partial charge on any atom is 0.334 e. The molecule has 2 aliphatic carbocycles. The van der Waals surface area contributed by atoms with Gasteiger partial charge in [0.1, 0.15) is 42.9 Å². The lowest BCUT2D eigenvalue weighted by Gasteiger charge is -2.40. The van der Waals surface area contributed by atoms with E-state index in [1.165, 1.54) is 18.2 Å². The van der Waals surface area contributed by atoms with Crippen LogP contribution in [0.25, 0.3) is 0 Å². The number of hydrogen-bond donors (Lipinski definition) is 4. The van der Waals surface area contributed by atoms with Crippen molar-refractivity contribution < 1.29 is 53.8 Å². The monoisotopic (exact) mass is 556 g/mol. The van der Waals surface area contributed by atoms with E-state index in [1.54, 1.807) is 12.1 Å². The summed E-state index contributed by atoms with van der Waals surface area (Å²) in [5, 5.41) is 40.7. The highest BCUT2D eigenvalue weighted by molar-refractivity contribution is 6.09. The van der Waals surface area contributed by atoms with Crippen LogP contribution in [0.2, 0.25) is 0 Å². The van der Waals surface area contributed by atoms with Gasteiger partial charge in [0, 0.05) is 23.0 Å². The number of fused-ring (bicyclic) bond motifs is 3. The molecule has 214 valence electrons. The van der Waals surface area contributed by atoms with Crippen molar-refractivity contribution in [3.8, 4) is 5.75 Å². The number of rotatable bonds is 7. The third-order valence-corrected chi connectivity index (χ3v) is 8.04. The van der Waals surface area contributed by atoms with Gasteiger partial charge in [-0.25, -0.2) is 4.79 Å². The molecule has 0 radical (unpaired) electrons. The Morgan fingerprint density at radius 2 is 1.82 bits per heavy atom. The number of aliphatic hydroxyl groups is 3. The normalized spacial score (nSPS) is 33.7. The predicted molar refractivity (Wildman–Crippen MR) is 136 cm³/mol. The van der Waals surface area contributed by atoms with Gasteiger partial charge in [0.2, 0.25) is 0 Å². The van der Waals surface area contributed by atoms with Crippen molar-refractivity contribution >= 4 is 17.7 Å². The molecule has 0 saturated carbocycles. The Hall–Kier alpha value is -3.35. The van der Waals surface area contributed by atoms with Crippen molar-refractivity contribution in [3.05, 3.63) is 64.8 Å². The summed E-state index contributed by atoms with van der Waals surface area (Å²) in [5.74, 6) is -2.03. The molecule has 2 saturated heterocycles. The predicted octanol–water partition coefficient (Wildman–Crippen LogP) is 0.635. The fourth-order valence-electron chi connectivity index (χ4n) is 5.81. The van der Waals surface area contributed by atoms with E-state index in [4.69, 9.17) is 18.9 Å². The molecule has 4 aliphatic rings. The summed E-state index contributed by atoms with van der Waals surface area (Å²) in [4.78, 5) is 37.5. The van der Waals surface area contributed by atoms with Crippen molar-refractivity contribution in [3.63, 3.8) is 0 Å². The van der Waals surface area contributed by atoms with Crippen LogP contribution in [0.1, 0.15) is 25.3 Å². The molecule has 0 bridgehead atoms. The van der Waals surface area contributed by atoms with Crippen LogP contribution in [0.15, 0.2) is 59.2 Å². The Balaban J connectivity index is 1.24. The maximum absolute atomic E-state index is 12.9. The molecule has 1 aromatic carbocycles. The van der Waals surface area contributed by atoms with Gasteiger partial charge in [-0.15, -0.1) is 0 Å². The van der Waals surface area contributed by atoms with Gasteiger partial charge in [0.05, 0.1) is 13.0 Å². The van der Waals surface area contributed by atoms with Crippen LogP contribution in [-0.2, 0) is 39.8 Å². The number of ether oxygens (including phenoxy) is 4. The number of carbonyl (C=O) groups excluding carboxylic acids is 3. The lowest BCUT2D eigenvalue weighted by molar-refractivity contribution is -0.299. The first-order valence-electron chi connectivity index (χ1n) is 13.1. The maximum atomic E-state index is 12.9. The second kappa shape index (κ2) is 11.3. The molecule has 0 aromatic heterocycles. The molecule has 2 aliphatic heterocycles. The first kappa shape index (κ1) is 28.2. The Kier molecular flexibility index (Phi) is 7.94. The molecule has 1 aromatic rings. The summed E-state index contributed by atoms with van der Waals surface area (Å²) in [6, 6.07) is 6.00. The summed E-state index contributed by atoms with van der Waals surface area (Å²) in [6.07, 6.45) is -5.46. The number of esters is 2. The average molecular weight is 557 g/mol. The number of aliphatic hydroxyl groups excluding tert-OH is 3. The van der Waals surface area contributed by atoms with Gasteiger partial charge in [-0.2, -0.15) is 0 Å². The fraction of sp³-hybridized carbons (Fsp3) is 0.483. The van der Waals surface area contributed by atoms with E-state index >= 15 is 0 Å². The van der Waals surface area contributed by atoms with Crippen molar-refractivity contribution in [2.24, 2.45) is 11.8 Å². The van der Waals surface area contributed by atoms with Gasteiger partial charge >= 0.3 is 11.9 Å². The zero-order valence-electron chi connectivity index (χ0n) is 21.9. The summed E-state index contributed by atoms with van der Waals surface area (Å²) in [6.45, 7) is 5.15. The minimum Gasteiger partial charge on any atom is -0.508 e. The third kappa shape index (κ3) is 5.35. The smallest absolute Gasteiger partial charge is 0.334 e. The van der Waals surface area contributed by atoms with Gasteiger partial charge in [0.25, 0.3) is 0 Å². The second-order valence-electron chi connectivity index (χ2n) is 10.6. The number of carbonyl (C=O) groups is 3. The molecule has 4 N–H and O–H groups in total. The first-order valence-corrected chi connectivity index (χ1v) is 13.1. The highest BCUT2D eigenvalue weighted by Gasteiger charge is 2.51. The fourth-order valence-corrected chi connectivity index (χ4v) is 5.81. The van der Waals surface area contributed by atoms with E-state index in [2.05, 4.69) is 6.58 Å². The van der Waals surface area contributed by atoms with Gasteiger partial charge in [-0.1, -0.05) is 24.3 Å². The number of hydrogen-bond acceptors (Lipinski definition) is 11. The largest absolute Gasteiger partial charge is 0.508 e. The van der Waals surface area contributed by atoms with Crippen LogP contribution in [0.4, 0.5) is 0 Å².